The minimum Gasteiger partial charge on any atom is -0.354 e. The van der Waals surface area contributed by atoms with E-state index in [1.807, 2.05) is 0 Å². The molecule has 0 atom stereocenters. The van der Waals surface area contributed by atoms with Crippen molar-refractivity contribution in [2.75, 3.05) is 33.7 Å². The van der Waals surface area contributed by atoms with Crippen LogP contribution in [0.4, 0.5) is 0 Å². The molecule has 1 saturated carbocycles. The van der Waals surface area contributed by atoms with E-state index in [-0.39, 0.29) is 17.4 Å². The van der Waals surface area contributed by atoms with Crippen LogP contribution in [0, 0.1) is 0 Å². The number of carbonyl (C=O) groups is 2. The second kappa shape index (κ2) is 6.57. The fourth-order valence-corrected chi connectivity index (χ4v) is 3.34. The van der Waals surface area contributed by atoms with E-state index in [4.69, 9.17) is 0 Å². The largest absolute Gasteiger partial charge is 0.354 e. The number of nitrogens with one attached hydrogen (secondary N) is 1. The zero-order valence-corrected chi connectivity index (χ0v) is 12.8. The van der Waals surface area contributed by atoms with Crippen molar-refractivity contribution in [3.05, 3.63) is 0 Å². The Hall–Kier alpha value is -1.10. The lowest BCUT2D eigenvalue weighted by atomic mass is 9.96. The molecule has 0 spiro atoms. The van der Waals surface area contributed by atoms with Crippen molar-refractivity contribution in [2.24, 2.45) is 0 Å². The van der Waals surface area contributed by atoms with Gasteiger partial charge in [-0.2, -0.15) is 0 Å². The highest BCUT2D eigenvalue weighted by molar-refractivity contribution is 5.80. The summed E-state index contributed by atoms with van der Waals surface area (Å²) in [4.78, 5) is 27.5. The average molecular weight is 281 g/mol. The van der Waals surface area contributed by atoms with E-state index in [9.17, 15) is 9.59 Å². The summed E-state index contributed by atoms with van der Waals surface area (Å²) in [5.74, 6) is 0.260. The Kier molecular flexibility index (Phi) is 5.02. The van der Waals surface area contributed by atoms with Crippen molar-refractivity contribution >= 4 is 11.8 Å². The summed E-state index contributed by atoms with van der Waals surface area (Å²) in [6.45, 7) is 2.11. The predicted molar refractivity (Wildman–Crippen MR) is 78.3 cm³/mol. The minimum atomic E-state index is 0.0674. The first-order valence-electron chi connectivity index (χ1n) is 7.75. The summed E-state index contributed by atoms with van der Waals surface area (Å²) in [6.07, 6.45) is 6.81. The molecule has 1 N–H and O–H groups in total. The minimum absolute atomic E-state index is 0.0674. The average Bonchev–Trinajstić information content (AvgIpc) is 3.04. The number of hydrogen-bond donors (Lipinski definition) is 1. The smallest absolute Gasteiger partial charge is 0.222 e. The molecule has 5 heteroatoms. The third-order valence-electron chi connectivity index (χ3n) is 4.88. The highest BCUT2D eigenvalue weighted by Gasteiger charge is 2.36. The molecule has 0 aromatic heterocycles. The van der Waals surface area contributed by atoms with Gasteiger partial charge in [-0.25, -0.2) is 0 Å². The first kappa shape index (κ1) is 15.3. The Bertz CT molecular complexity index is 362. The van der Waals surface area contributed by atoms with E-state index in [1.165, 1.54) is 12.8 Å². The van der Waals surface area contributed by atoms with Crippen molar-refractivity contribution in [2.45, 2.75) is 50.5 Å². The maximum atomic E-state index is 12.0. The SMILES string of the molecule is CN(C)C1(CNC(=O)CCN2CCCC2=O)CCCC1. The fraction of sp³-hybridized carbons (Fsp3) is 0.867. The van der Waals surface area contributed by atoms with Crippen molar-refractivity contribution in [1.29, 1.82) is 0 Å². The molecule has 5 nitrogen and oxygen atoms in total. The molecular weight excluding hydrogens is 254 g/mol. The van der Waals surface area contributed by atoms with Crippen LogP contribution >= 0.6 is 0 Å². The molecule has 1 aliphatic carbocycles. The predicted octanol–water partition coefficient (Wildman–Crippen LogP) is 0.989. The summed E-state index contributed by atoms with van der Waals surface area (Å²) in [5.41, 5.74) is 0.138. The lowest BCUT2D eigenvalue weighted by Gasteiger charge is -2.36. The van der Waals surface area contributed by atoms with Crippen LogP contribution in [0.3, 0.4) is 0 Å². The number of nitrogens with zero attached hydrogens (tertiary/aromatic N) is 2. The standard InChI is InChI=1S/C15H27N3O2/c1-17(2)15(8-3-4-9-15)12-16-13(19)7-11-18-10-5-6-14(18)20/h3-12H2,1-2H3,(H,16,19). The first-order valence-corrected chi connectivity index (χ1v) is 7.75. The van der Waals surface area contributed by atoms with Gasteiger partial charge in [0.25, 0.3) is 0 Å². The monoisotopic (exact) mass is 281 g/mol. The third-order valence-corrected chi connectivity index (χ3v) is 4.88. The summed E-state index contributed by atoms with van der Waals surface area (Å²) >= 11 is 0. The molecule has 1 aliphatic heterocycles. The van der Waals surface area contributed by atoms with Gasteiger partial charge in [-0.15, -0.1) is 0 Å². The summed E-state index contributed by atoms with van der Waals surface area (Å²) in [7, 11) is 4.20. The molecule has 0 bridgehead atoms. The Morgan fingerprint density at radius 2 is 2.00 bits per heavy atom. The molecular formula is C15H27N3O2. The molecule has 114 valence electrons. The number of hydrogen-bond acceptors (Lipinski definition) is 3. The lowest BCUT2D eigenvalue weighted by molar-refractivity contribution is -0.128. The molecule has 0 radical (unpaired) electrons. The summed E-state index contributed by atoms with van der Waals surface area (Å²) < 4.78 is 0. The number of rotatable bonds is 6. The quantitative estimate of drug-likeness (QED) is 0.790. The van der Waals surface area contributed by atoms with Crippen molar-refractivity contribution < 1.29 is 9.59 Å². The Labute approximate surface area is 121 Å². The molecule has 2 rings (SSSR count). The van der Waals surface area contributed by atoms with Crippen LogP contribution in [0.15, 0.2) is 0 Å². The topological polar surface area (TPSA) is 52.7 Å². The van der Waals surface area contributed by atoms with Crippen LogP contribution < -0.4 is 5.32 Å². The molecule has 0 aromatic rings. The lowest BCUT2D eigenvalue weighted by Crippen LogP contribution is -2.51. The summed E-state index contributed by atoms with van der Waals surface area (Å²) in [5, 5.41) is 3.07. The zero-order chi connectivity index (χ0) is 14.6. The number of likely N-dealkylation sites (tertiary alicyclic amines) is 1. The third kappa shape index (κ3) is 3.51. The Morgan fingerprint density at radius 3 is 2.55 bits per heavy atom. The van der Waals surface area contributed by atoms with Crippen LogP contribution in [0.5, 0.6) is 0 Å². The van der Waals surface area contributed by atoms with Gasteiger partial charge in [0, 0.05) is 38.0 Å². The molecule has 1 saturated heterocycles. The van der Waals surface area contributed by atoms with Crippen molar-refractivity contribution in [3.8, 4) is 0 Å². The highest BCUT2D eigenvalue weighted by Crippen LogP contribution is 2.33. The summed E-state index contributed by atoms with van der Waals surface area (Å²) in [6, 6.07) is 0. The number of likely N-dealkylation sites (N-methyl/N-ethyl adjacent to an activating group) is 1. The van der Waals surface area contributed by atoms with Crippen LogP contribution in [0.25, 0.3) is 0 Å². The van der Waals surface area contributed by atoms with E-state index in [2.05, 4.69) is 24.3 Å². The maximum Gasteiger partial charge on any atom is 0.222 e. The van der Waals surface area contributed by atoms with Crippen LogP contribution in [-0.2, 0) is 9.59 Å². The highest BCUT2D eigenvalue weighted by atomic mass is 16.2. The van der Waals surface area contributed by atoms with E-state index in [1.54, 1.807) is 4.90 Å². The second-order valence-corrected chi connectivity index (χ2v) is 6.34. The van der Waals surface area contributed by atoms with E-state index >= 15 is 0 Å². The maximum absolute atomic E-state index is 12.0. The zero-order valence-electron chi connectivity index (χ0n) is 12.8. The first-order chi connectivity index (χ1) is 9.53. The van der Waals surface area contributed by atoms with Gasteiger partial charge in [-0.05, 0) is 33.4 Å². The van der Waals surface area contributed by atoms with Gasteiger partial charge < -0.3 is 15.1 Å². The van der Waals surface area contributed by atoms with Crippen molar-refractivity contribution in [1.82, 2.24) is 15.1 Å². The van der Waals surface area contributed by atoms with Gasteiger partial charge in [-0.1, -0.05) is 12.8 Å². The molecule has 20 heavy (non-hydrogen) atoms. The van der Waals surface area contributed by atoms with Gasteiger partial charge in [0.05, 0.1) is 0 Å². The van der Waals surface area contributed by atoms with E-state index in [0.717, 1.165) is 32.4 Å². The van der Waals surface area contributed by atoms with Gasteiger partial charge in [0.15, 0.2) is 0 Å². The van der Waals surface area contributed by atoms with E-state index < -0.39 is 0 Å². The van der Waals surface area contributed by atoms with Gasteiger partial charge in [0.2, 0.25) is 11.8 Å². The normalized spacial score (nSPS) is 21.8. The molecule has 2 fully saturated rings. The van der Waals surface area contributed by atoms with Gasteiger partial charge >= 0.3 is 0 Å². The molecule has 2 amide bonds. The Morgan fingerprint density at radius 1 is 1.30 bits per heavy atom. The number of amides is 2. The van der Waals surface area contributed by atoms with Gasteiger partial charge in [0.1, 0.15) is 0 Å². The van der Waals surface area contributed by atoms with Crippen LogP contribution in [0.1, 0.15) is 44.9 Å². The molecule has 2 aliphatic rings. The molecule has 0 aromatic carbocycles. The van der Waals surface area contributed by atoms with Gasteiger partial charge in [-0.3, -0.25) is 9.59 Å². The van der Waals surface area contributed by atoms with Crippen LogP contribution in [-0.4, -0.2) is 60.9 Å². The van der Waals surface area contributed by atoms with E-state index in [0.29, 0.717) is 19.4 Å². The van der Waals surface area contributed by atoms with Crippen molar-refractivity contribution in [3.63, 3.8) is 0 Å². The second-order valence-electron chi connectivity index (χ2n) is 6.34. The Balaban J connectivity index is 1.73. The molecule has 1 heterocycles. The fourth-order valence-electron chi connectivity index (χ4n) is 3.34. The number of carbonyl (C=O) groups excluding carboxylic acids is 2. The van der Waals surface area contributed by atoms with Crippen LogP contribution in [0.2, 0.25) is 0 Å². The molecule has 0 unspecified atom stereocenters.